The number of thiazole rings is 1. The molecule has 0 saturated carbocycles. The zero-order valence-electron chi connectivity index (χ0n) is 15.5. The molecule has 0 fully saturated rings. The first kappa shape index (κ1) is 16.7. The molecule has 0 N–H and O–H groups in total. The molecule has 130 valence electrons. The molecular weight excluding hydrogens is 326 g/mol. The maximum absolute atomic E-state index is 13.3. The lowest BCUT2D eigenvalue weighted by Crippen LogP contribution is -2.42. The number of nitrogens with zero attached hydrogens (tertiary/aromatic N) is 1. The minimum Gasteiger partial charge on any atom is -0.294 e. The van der Waals surface area contributed by atoms with Gasteiger partial charge in [-0.15, -0.1) is 11.3 Å². The fraction of sp³-hybridized carbons (Fsp3) is 0.455. The van der Waals surface area contributed by atoms with Gasteiger partial charge in [0, 0.05) is 23.3 Å². The van der Waals surface area contributed by atoms with E-state index < -0.39 is 0 Å². The van der Waals surface area contributed by atoms with Crippen molar-refractivity contribution in [3.05, 3.63) is 62.6 Å². The van der Waals surface area contributed by atoms with Crippen molar-refractivity contribution >= 4 is 17.1 Å². The predicted molar refractivity (Wildman–Crippen MR) is 103 cm³/mol. The van der Waals surface area contributed by atoms with E-state index in [2.05, 4.69) is 56.9 Å². The Kier molecular flexibility index (Phi) is 3.77. The molecule has 1 atom stereocenters. The molecule has 2 aliphatic carbocycles. The Morgan fingerprint density at radius 3 is 2.56 bits per heavy atom. The lowest BCUT2D eigenvalue weighted by atomic mass is 9.59. The molecule has 1 aromatic heterocycles. The molecule has 1 heterocycles. The van der Waals surface area contributed by atoms with Crippen LogP contribution in [0.25, 0.3) is 0 Å². The molecule has 0 spiro atoms. The van der Waals surface area contributed by atoms with Gasteiger partial charge < -0.3 is 0 Å². The van der Waals surface area contributed by atoms with Gasteiger partial charge in [-0.3, -0.25) is 4.79 Å². The van der Waals surface area contributed by atoms with E-state index in [4.69, 9.17) is 0 Å². The summed E-state index contributed by atoms with van der Waals surface area (Å²) in [5.74, 6) is 0.340. The van der Waals surface area contributed by atoms with Gasteiger partial charge in [0.25, 0.3) is 0 Å². The molecular formula is C22H25NOS. The van der Waals surface area contributed by atoms with Gasteiger partial charge in [0.15, 0.2) is 5.78 Å². The molecule has 25 heavy (non-hydrogen) atoms. The van der Waals surface area contributed by atoms with Crippen LogP contribution in [0, 0.1) is 12.3 Å². The second-order valence-corrected chi connectivity index (χ2v) is 9.20. The number of Topliss-reactive ketones (excluding diaryl/α,β-unsaturated/α-hetero) is 1. The quantitative estimate of drug-likeness (QED) is 0.726. The third-order valence-corrected chi connectivity index (χ3v) is 6.91. The number of fused-ring (bicyclic) bond motifs is 1. The third kappa shape index (κ3) is 2.43. The predicted octanol–water partition coefficient (Wildman–Crippen LogP) is 5.39. The van der Waals surface area contributed by atoms with Crippen LogP contribution in [0.5, 0.6) is 0 Å². The number of carbonyl (C=O) groups excluding carboxylic acids is 1. The first-order chi connectivity index (χ1) is 11.9. The summed E-state index contributed by atoms with van der Waals surface area (Å²) >= 11 is 1.72. The molecule has 0 saturated heterocycles. The number of aromatic nitrogens is 1. The maximum Gasteiger partial charge on any atom is 0.160 e. The van der Waals surface area contributed by atoms with Gasteiger partial charge in [-0.1, -0.05) is 56.2 Å². The highest BCUT2D eigenvalue weighted by Crippen LogP contribution is 2.54. The van der Waals surface area contributed by atoms with Gasteiger partial charge in [0.1, 0.15) is 0 Å². The van der Waals surface area contributed by atoms with Crippen LogP contribution in [0.1, 0.15) is 61.7 Å². The van der Waals surface area contributed by atoms with E-state index in [1.807, 2.05) is 5.51 Å². The minimum absolute atomic E-state index is 0.0518. The lowest BCUT2D eigenvalue weighted by molar-refractivity contribution is -0.118. The zero-order valence-corrected chi connectivity index (χ0v) is 16.3. The molecule has 3 heteroatoms. The van der Waals surface area contributed by atoms with Crippen LogP contribution in [0.3, 0.4) is 0 Å². The van der Waals surface area contributed by atoms with Crippen LogP contribution in [0.4, 0.5) is 0 Å². The van der Waals surface area contributed by atoms with Crippen LogP contribution in [-0.4, -0.2) is 10.8 Å². The molecule has 0 aliphatic heterocycles. The van der Waals surface area contributed by atoms with Crippen molar-refractivity contribution in [3.8, 4) is 0 Å². The summed E-state index contributed by atoms with van der Waals surface area (Å²) in [5, 5.41) is 0. The molecule has 0 bridgehead atoms. The molecule has 0 radical (unpaired) electrons. The van der Waals surface area contributed by atoms with Gasteiger partial charge in [-0.05, 0) is 30.7 Å². The van der Waals surface area contributed by atoms with Crippen molar-refractivity contribution in [1.82, 2.24) is 4.98 Å². The summed E-state index contributed by atoms with van der Waals surface area (Å²) in [6.07, 6.45) is 3.39. The number of hydrogen-bond donors (Lipinski definition) is 0. The Bertz CT molecular complexity index is 872. The van der Waals surface area contributed by atoms with E-state index in [1.165, 1.54) is 27.3 Å². The monoisotopic (exact) mass is 351 g/mol. The molecule has 1 aromatic carbocycles. The SMILES string of the molecule is CCC1(c2ccc(C)cc2)C2=C(Cc3ncsc31)CC(C)(C)CC2=O. The van der Waals surface area contributed by atoms with Crippen molar-refractivity contribution < 1.29 is 4.79 Å². The smallest absolute Gasteiger partial charge is 0.160 e. The number of carbonyl (C=O) groups is 1. The highest BCUT2D eigenvalue weighted by Gasteiger charge is 2.49. The molecule has 1 unspecified atom stereocenters. The largest absolute Gasteiger partial charge is 0.294 e. The number of hydrogen-bond acceptors (Lipinski definition) is 3. The van der Waals surface area contributed by atoms with Crippen LogP contribution in [0.2, 0.25) is 0 Å². The fourth-order valence-corrected chi connectivity index (χ4v) is 5.96. The number of ketones is 1. The van der Waals surface area contributed by atoms with Crippen LogP contribution >= 0.6 is 11.3 Å². The van der Waals surface area contributed by atoms with Gasteiger partial charge in [-0.25, -0.2) is 4.98 Å². The Morgan fingerprint density at radius 2 is 1.88 bits per heavy atom. The summed E-state index contributed by atoms with van der Waals surface area (Å²) < 4.78 is 0. The van der Waals surface area contributed by atoms with E-state index >= 15 is 0 Å². The standard InChI is InChI=1S/C22H25NOS/c1-5-22(16-8-6-14(2)7-9-16)19-15(10-17-20(22)25-13-23-17)11-21(3,4)12-18(19)24/h6-9,13H,5,10-12H2,1-4H3. The van der Waals surface area contributed by atoms with E-state index in [0.717, 1.165) is 24.8 Å². The van der Waals surface area contributed by atoms with Gasteiger partial charge >= 0.3 is 0 Å². The Hall–Kier alpha value is -1.74. The third-order valence-electron chi connectivity index (χ3n) is 5.87. The number of benzene rings is 1. The van der Waals surface area contributed by atoms with Crippen molar-refractivity contribution in [1.29, 1.82) is 0 Å². The summed E-state index contributed by atoms with van der Waals surface area (Å²) in [5.41, 5.74) is 7.76. The minimum atomic E-state index is -0.314. The number of allylic oxidation sites excluding steroid dienone is 2. The first-order valence-electron chi connectivity index (χ1n) is 9.13. The van der Waals surface area contributed by atoms with Gasteiger partial charge in [0.2, 0.25) is 0 Å². The highest BCUT2D eigenvalue weighted by atomic mass is 32.1. The normalized spacial score (nSPS) is 24.9. The molecule has 2 aromatic rings. The van der Waals surface area contributed by atoms with Crippen molar-refractivity contribution in [2.45, 2.75) is 58.8 Å². The van der Waals surface area contributed by atoms with E-state index in [0.29, 0.717) is 12.2 Å². The number of aryl methyl sites for hydroxylation is 1. The molecule has 0 amide bonds. The summed E-state index contributed by atoms with van der Waals surface area (Å²) in [6.45, 7) is 8.75. The lowest BCUT2D eigenvalue weighted by Gasteiger charge is -2.44. The molecule has 2 nitrogen and oxygen atoms in total. The van der Waals surface area contributed by atoms with Crippen LogP contribution < -0.4 is 0 Å². The molecule has 4 rings (SSSR count). The van der Waals surface area contributed by atoms with E-state index in [-0.39, 0.29) is 10.8 Å². The maximum atomic E-state index is 13.3. The average Bonchev–Trinajstić information content (AvgIpc) is 3.01. The fourth-order valence-electron chi connectivity index (χ4n) is 4.85. The second-order valence-electron chi connectivity index (χ2n) is 8.35. The summed E-state index contributed by atoms with van der Waals surface area (Å²) in [4.78, 5) is 19.3. The highest BCUT2D eigenvalue weighted by molar-refractivity contribution is 7.10. The van der Waals surface area contributed by atoms with Crippen molar-refractivity contribution in [3.63, 3.8) is 0 Å². The van der Waals surface area contributed by atoms with Crippen LogP contribution in [-0.2, 0) is 16.6 Å². The average molecular weight is 352 g/mol. The topological polar surface area (TPSA) is 30.0 Å². The Balaban J connectivity index is 2.01. The first-order valence-corrected chi connectivity index (χ1v) is 10.0. The van der Waals surface area contributed by atoms with Crippen molar-refractivity contribution in [2.75, 3.05) is 0 Å². The number of rotatable bonds is 2. The second kappa shape index (κ2) is 5.63. The zero-order chi connectivity index (χ0) is 17.8. The summed E-state index contributed by atoms with van der Waals surface area (Å²) in [6, 6.07) is 8.76. The van der Waals surface area contributed by atoms with Gasteiger partial charge in [0.05, 0.1) is 16.6 Å². The van der Waals surface area contributed by atoms with E-state index in [1.54, 1.807) is 11.3 Å². The summed E-state index contributed by atoms with van der Waals surface area (Å²) in [7, 11) is 0. The Morgan fingerprint density at radius 1 is 1.16 bits per heavy atom. The van der Waals surface area contributed by atoms with Gasteiger partial charge in [-0.2, -0.15) is 0 Å². The molecule has 2 aliphatic rings. The van der Waals surface area contributed by atoms with Crippen molar-refractivity contribution in [2.24, 2.45) is 5.41 Å². The van der Waals surface area contributed by atoms with Crippen LogP contribution in [0.15, 0.2) is 40.9 Å². The Labute approximate surface area is 154 Å². The van der Waals surface area contributed by atoms with E-state index in [9.17, 15) is 4.79 Å².